The highest BCUT2D eigenvalue weighted by Gasteiger charge is 2.41. The standard InChI is InChI=1S/C28H43NOSi/c1-27(2,3)29-31(7,21-13-9-8-12-20-30-28(4,5)6)25-19-18-23-17-16-22-14-10-11-15-24(22)26(23)25/h10-11,14-19,25,29H,8-9,12-13,20-21H2,1-7H3. The maximum absolute atomic E-state index is 5.89. The molecule has 0 heterocycles. The van der Waals surface area contributed by atoms with Crippen LogP contribution in [0.4, 0.5) is 0 Å². The molecular weight excluding hydrogens is 394 g/mol. The lowest BCUT2D eigenvalue weighted by atomic mass is 10.0. The molecule has 170 valence electrons. The van der Waals surface area contributed by atoms with E-state index in [4.69, 9.17) is 4.74 Å². The fourth-order valence-electron chi connectivity index (χ4n) is 5.11. The average Bonchev–Trinajstić information content (AvgIpc) is 3.10. The largest absolute Gasteiger partial charge is 0.376 e. The van der Waals surface area contributed by atoms with E-state index in [0.29, 0.717) is 5.54 Å². The molecule has 0 saturated heterocycles. The molecule has 0 aliphatic heterocycles. The van der Waals surface area contributed by atoms with Gasteiger partial charge in [0, 0.05) is 17.7 Å². The molecule has 2 unspecified atom stereocenters. The first-order chi connectivity index (χ1) is 14.5. The quantitative estimate of drug-likeness (QED) is 0.319. The van der Waals surface area contributed by atoms with E-state index in [0.717, 1.165) is 6.61 Å². The van der Waals surface area contributed by atoms with Gasteiger partial charge in [-0.25, -0.2) is 0 Å². The van der Waals surface area contributed by atoms with Crippen molar-refractivity contribution in [2.75, 3.05) is 6.61 Å². The van der Waals surface area contributed by atoms with Gasteiger partial charge >= 0.3 is 0 Å². The lowest BCUT2D eigenvalue weighted by Crippen LogP contribution is -2.59. The van der Waals surface area contributed by atoms with Gasteiger partial charge in [0.1, 0.15) is 8.24 Å². The van der Waals surface area contributed by atoms with Gasteiger partial charge in [-0.05, 0) is 75.9 Å². The summed E-state index contributed by atoms with van der Waals surface area (Å²) >= 11 is 0. The monoisotopic (exact) mass is 437 g/mol. The Morgan fingerprint density at radius 3 is 2.32 bits per heavy atom. The van der Waals surface area contributed by atoms with Gasteiger partial charge < -0.3 is 9.72 Å². The van der Waals surface area contributed by atoms with Crippen LogP contribution in [0.25, 0.3) is 16.8 Å². The minimum absolute atomic E-state index is 0.0207. The van der Waals surface area contributed by atoms with E-state index in [9.17, 15) is 0 Å². The Balaban J connectivity index is 1.72. The van der Waals surface area contributed by atoms with Crippen molar-refractivity contribution in [1.29, 1.82) is 0 Å². The van der Waals surface area contributed by atoms with Gasteiger partial charge in [-0.1, -0.05) is 74.4 Å². The molecule has 2 atom stereocenters. The highest BCUT2D eigenvalue weighted by atomic mass is 28.3. The zero-order chi connectivity index (χ0) is 22.7. The number of unbranched alkanes of at least 4 members (excludes halogenated alkanes) is 3. The van der Waals surface area contributed by atoms with Gasteiger partial charge in [-0.2, -0.15) is 0 Å². The minimum Gasteiger partial charge on any atom is -0.376 e. The Morgan fingerprint density at radius 1 is 0.903 bits per heavy atom. The maximum atomic E-state index is 5.89. The first-order valence-corrected chi connectivity index (χ1v) is 14.9. The fraction of sp³-hybridized carbons (Fsp3) is 0.571. The molecule has 2 aromatic rings. The second-order valence-electron chi connectivity index (χ2n) is 11.5. The molecule has 3 rings (SSSR count). The molecule has 0 radical (unpaired) electrons. The van der Waals surface area contributed by atoms with Crippen LogP contribution < -0.4 is 4.98 Å². The molecule has 1 aliphatic carbocycles. The zero-order valence-electron chi connectivity index (χ0n) is 20.8. The molecule has 0 saturated carbocycles. The van der Waals surface area contributed by atoms with Crippen LogP contribution >= 0.6 is 0 Å². The van der Waals surface area contributed by atoms with Crippen LogP contribution in [0.5, 0.6) is 0 Å². The first kappa shape index (κ1) is 24.2. The summed E-state index contributed by atoms with van der Waals surface area (Å²) in [4.78, 5) is 4.17. The summed E-state index contributed by atoms with van der Waals surface area (Å²) in [7, 11) is -1.79. The van der Waals surface area contributed by atoms with Crippen molar-refractivity contribution in [2.24, 2.45) is 0 Å². The number of nitrogens with one attached hydrogen (secondary N) is 1. The molecule has 0 aromatic heterocycles. The molecule has 0 amide bonds. The Labute approximate surface area is 191 Å². The Hall–Kier alpha value is -1.42. The van der Waals surface area contributed by atoms with E-state index < -0.39 is 8.24 Å². The van der Waals surface area contributed by atoms with Gasteiger partial charge in [-0.3, -0.25) is 0 Å². The summed E-state index contributed by atoms with van der Waals surface area (Å²) in [5.41, 5.74) is 3.60. The van der Waals surface area contributed by atoms with Gasteiger partial charge in [-0.15, -0.1) is 0 Å². The van der Waals surface area contributed by atoms with E-state index in [2.05, 4.69) is 102 Å². The summed E-state index contributed by atoms with van der Waals surface area (Å²) in [6.45, 7) is 16.8. The number of hydrogen-bond acceptors (Lipinski definition) is 2. The topological polar surface area (TPSA) is 21.3 Å². The van der Waals surface area contributed by atoms with Crippen molar-refractivity contribution >= 4 is 25.1 Å². The van der Waals surface area contributed by atoms with Gasteiger partial charge in [0.05, 0.1) is 5.60 Å². The molecule has 2 nitrogen and oxygen atoms in total. The normalized spacial score (nSPS) is 18.4. The van der Waals surface area contributed by atoms with Crippen LogP contribution in [0, 0.1) is 0 Å². The second kappa shape index (κ2) is 9.60. The third-order valence-corrected chi connectivity index (χ3v) is 10.8. The van der Waals surface area contributed by atoms with Crippen molar-refractivity contribution < 1.29 is 4.74 Å². The molecule has 31 heavy (non-hydrogen) atoms. The minimum atomic E-state index is -1.79. The Kier molecular flexibility index (Phi) is 7.50. The predicted octanol–water partition coefficient (Wildman–Crippen LogP) is 7.83. The summed E-state index contributed by atoms with van der Waals surface area (Å²) in [5.74, 6) is 0. The molecule has 1 aliphatic rings. The fourth-order valence-corrected chi connectivity index (χ4v) is 9.88. The van der Waals surface area contributed by atoms with Gasteiger partial charge in [0.2, 0.25) is 0 Å². The second-order valence-corrected chi connectivity index (χ2v) is 15.8. The van der Waals surface area contributed by atoms with Gasteiger partial charge in [0.25, 0.3) is 0 Å². The van der Waals surface area contributed by atoms with E-state index in [1.54, 1.807) is 5.56 Å². The molecule has 0 bridgehead atoms. The van der Waals surface area contributed by atoms with Crippen LogP contribution in [0.1, 0.15) is 83.9 Å². The number of rotatable bonds is 9. The molecule has 3 heteroatoms. The molecule has 2 aromatic carbocycles. The van der Waals surface area contributed by atoms with Crippen LogP contribution in [0.15, 0.2) is 42.5 Å². The zero-order valence-corrected chi connectivity index (χ0v) is 21.8. The molecular formula is C28H43NOSi. The van der Waals surface area contributed by atoms with E-state index >= 15 is 0 Å². The summed E-state index contributed by atoms with van der Waals surface area (Å²) in [6, 6.07) is 14.8. The highest BCUT2D eigenvalue weighted by molar-refractivity contribution is 6.78. The molecule has 0 fully saturated rings. The highest BCUT2D eigenvalue weighted by Crippen LogP contribution is 2.42. The van der Waals surface area contributed by atoms with Crippen molar-refractivity contribution in [2.45, 2.75) is 96.5 Å². The SMILES string of the molecule is CC(C)(C)N[Si](C)(CCCCCCOC(C)(C)C)C1C=Cc2ccc3ccccc3c21. The van der Waals surface area contributed by atoms with E-state index in [1.165, 1.54) is 48.1 Å². The van der Waals surface area contributed by atoms with Crippen molar-refractivity contribution in [3.05, 3.63) is 53.6 Å². The molecule has 1 N–H and O–H groups in total. The smallest absolute Gasteiger partial charge is 0.134 e. The van der Waals surface area contributed by atoms with Gasteiger partial charge in [0.15, 0.2) is 0 Å². The predicted molar refractivity (Wildman–Crippen MR) is 139 cm³/mol. The number of hydrogen-bond donors (Lipinski definition) is 1. The number of fused-ring (bicyclic) bond motifs is 3. The first-order valence-electron chi connectivity index (χ1n) is 12.1. The number of benzene rings is 2. The maximum Gasteiger partial charge on any atom is 0.134 e. The summed E-state index contributed by atoms with van der Waals surface area (Å²) in [6.07, 6.45) is 9.88. The van der Waals surface area contributed by atoms with Crippen LogP contribution in [0.2, 0.25) is 12.6 Å². The summed E-state index contributed by atoms with van der Waals surface area (Å²) in [5, 5.41) is 2.80. The summed E-state index contributed by atoms with van der Waals surface area (Å²) < 4.78 is 5.89. The number of ether oxygens (including phenoxy) is 1. The van der Waals surface area contributed by atoms with Crippen LogP contribution in [0.3, 0.4) is 0 Å². The average molecular weight is 438 g/mol. The lowest BCUT2D eigenvalue weighted by molar-refractivity contribution is -0.00471. The third kappa shape index (κ3) is 6.53. The van der Waals surface area contributed by atoms with Crippen molar-refractivity contribution in [1.82, 2.24) is 4.98 Å². The van der Waals surface area contributed by atoms with Crippen LogP contribution in [-0.2, 0) is 4.74 Å². The van der Waals surface area contributed by atoms with Crippen molar-refractivity contribution in [3.8, 4) is 0 Å². The molecule has 0 spiro atoms. The van der Waals surface area contributed by atoms with E-state index in [1.807, 2.05) is 0 Å². The third-order valence-electron chi connectivity index (χ3n) is 6.26. The van der Waals surface area contributed by atoms with E-state index in [-0.39, 0.29) is 11.1 Å². The number of allylic oxidation sites excluding steroid dienone is 1. The van der Waals surface area contributed by atoms with Crippen LogP contribution in [-0.4, -0.2) is 26.0 Å². The lowest BCUT2D eigenvalue weighted by Gasteiger charge is -2.41. The van der Waals surface area contributed by atoms with Crippen molar-refractivity contribution in [3.63, 3.8) is 0 Å². The Morgan fingerprint density at radius 2 is 1.61 bits per heavy atom. The Bertz CT molecular complexity index is 905.